The standard InChI is InChI=1S/C22H30N2O4/c1-21(2)12-22(13-23-5-7-26-8-6-23)14-24(11-19(21)22)20(25)10-16-3-4-17-18(9-16)28-15-27-17/h3-4,9,19H,5-8,10-15H2,1-2H3/t19-,22+/m1/s1. The Balaban J connectivity index is 1.27. The molecule has 6 nitrogen and oxygen atoms in total. The highest BCUT2D eigenvalue weighted by atomic mass is 16.7. The number of nitrogens with zero attached hydrogens (tertiary/aromatic N) is 2. The minimum atomic E-state index is 0.227. The zero-order valence-electron chi connectivity index (χ0n) is 16.9. The van der Waals surface area contributed by atoms with E-state index in [1.807, 2.05) is 18.2 Å². The number of morpholine rings is 1. The highest BCUT2D eigenvalue weighted by molar-refractivity contribution is 5.79. The van der Waals surface area contributed by atoms with Crippen LogP contribution in [0.25, 0.3) is 0 Å². The van der Waals surface area contributed by atoms with Crippen LogP contribution >= 0.6 is 0 Å². The summed E-state index contributed by atoms with van der Waals surface area (Å²) in [7, 11) is 0. The maximum Gasteiger partial charge on any atom is 0.231 e. The van der Waals surface area contributed by atoms with Gasteiger partial charge in [-0.1, -0.05) is 19.9 Å². The Labute approximate surface area is 166 Å². The zero-order chi connectivity index (χ0) is 19.4. The molecule has 0 spiro atoms. The van der Waals surface area contributed by atoms with Gasteiger partial charge in [-0.2, -0.15) is 0 Å². The number of carbonyl (C=O) groups is 1. The average molecular weight is 386 g/mol. The second-order valence-corrected chi connectivity index (χ2v) is 9.61. The first-order valence-electron chi connectivity index (χ1n) is 10.4. The van der Waals surface area contributed by atoms with Gasteiger partial charge in [0.25, 0.3) is 0 Å². The fourth-order valence-electron chi connectivity index (χ4n) is 6.07. The molecule has 0 aromatic heterocycles. The zero-order valence-corrected chi connectivity index (χ0v) is 16.9. The Hall–Kier alpha value is -1.79. The summed E-state index contributed by atoms with van der Waals surface area (Å²) in [5.74, 6) is 2.33. The molecular formula is C22H30N2O4. The number of hydrogen-bond acceptors (Lipinski definition) is 5. The maximum absolute atomic E-state index is 13.1. The van der Waals surface area contributed by atoms with E-state index in [4.69, 9.17) is 14.2 Å². The summed E-state index contributed by atoms with van der Waals surface area (Å²) in [6, 6.07) is 5.82. The van der Waals surface area contributed by atoms with Crippen molar-refractivity contribution in [2.75, 3.05) is 52.7 Å². The number of likely N-dealkylation sites (tertiary alicyclic amines) is 1. The monoisotopic (exact) mass is 386 g/mol. The Morgan fingerprint density at radius 1 is 1.18 bits per heavy atom. The summed E-state index contributed by atoms with van der Waals surface area (Å²) in [5, 5.41) is 0. The third kappa shape index (κ3) is 3.07. The molecule has 2 saturated heterocycles. The normalized spacial score (nSPS) is 30.8. The molecule has 152 valence electrons. The molecule has 3 heterocycles. The van der Waals surface area contributed by atoms with Crippen LogP contribution in [0.15, 0.2) is 18.2 Å². The van der Waals surface area contributed by atoms with E-state index in [2.05, 4.69) is 23.6 Å². The first-order chi connectivity index (χ1) is 13.5. The summed E-state index contributed by atoms with van der Waals surface area (Å²) in [5.41, 5.74) is 1.57. The van der Waals surface area contributed by atoms with Gasteiger partial charge in [-0.15, -0.1) is 0 Å². The minimum Gasteiger partial charge on any atom is -0.454 e. The molecule has 28 heavy (non-hydrogen) atoms. The minimum absolute atomic E-state index is 0.227. The van der Waals surface area contributed by atoms with Gasteiger partial charge in [-0.3, -0.25) is 9.69 Å². The van der Waals surface area contributed by atoms with E-state index in [9.17, 15) is 4.79 Å². The lowest BCUT2D eigenvalue weighted by Crippen LogP contribution is -2.59. The summed E-state index contributed by atoms with van der Waals surface area (Å²) >= 11 is 0. The lowest BCUT2D eigenvalue weighted by Gasteiger charge is -2.58. The number of rotatable bonds is 4. The Morgan fingerprint density at radius 2 is 1.96 bits per heavy atom. The molecule has 4 aliphatic rings. The molecule has 0 N–H and O–H groups in total. The van der Waals surface area contributed by atoms with Gasteiger partial charge in [-0.25, -0.2) is 0 Å². The average Bonchev–Trinajstić information content (AvgIpc) is 3.25. The van der Waals surface area contributed by atoms with Gasteiger partial charge in [0, 0.05) is 38.1 Å². The van der Waals surface area contributed by atoms with E-state index < -0.39 is 0 Å². The predicted molar refractivity (Wildman–Crippen MR) is 104 cm³/mol. The van der Waals surface area contributed by atoms with Crippen molar-refractivity contribution in [3.63, 3.8) is 0 Å². The molecule has 1 saturated carbocycles. The molecule has 1 aliphatic carbocycles. The molecule has 0 unspecified atom stereocenters. The van der Waals surface area contributed by atoms with Gasteiger partial charge in [0.2, 0.25) is 12.7 Å². The summed E-state index contributed by atoms with van der Waals surface area (Å²) in [6.07, 6.45) is 1.63. The molecule has 1 aromatic rings. The van der Waals surface area contributed by atoms with E-state index >= 15 is 0 Å². The van der Waals surface area contributed by atoms with Crippen molar-refractivity contribution in [2.45, 2.75) is 26.7 Å². The number of carbonyl (C=O) groups excluding carboxylic acids is 1. The van der Waals surface area contributed by atoms with Gasteiger partial charge in [-0.05, 0) is 35.4 Å². The van der Waals surface area contributed by atoms with Crippen molar-refractivity contribution >= 4 is 5.91 Å². The number of ether oxygens (including phenoxy) is 3. The second-order valence-electron chi connectivity index (χ2n) is 9.61. The lowest BCUT2D eigenvalue weighted by atomic mass is 9.48. The molecular weight excluding hydrogens is 356 g/mol. The highest BCUT2D eigenvalue weighted by Gasteiger charge is 2.63. The van der Waals surface area contributed by atoms with Crippen molar-refractivity contribution in [1.29, 1.82) is 0 Å². The van der Waals surface area contributed by atoms with Crippen LogP contribution in [-0.2, 0) is 16.0 Å². The van der Waals surface area contributed by atoms with Crippen LogP contribution in [0.1, 0.15) is 25.8 Å². The molecule has 1 aromatic carbocycles. The van der Waals surface area contributed by atoms with Crippen LogP contribution in [0.2, 0.25) is 0 Å². The van der Waals surface area contributed by atoms with Crippen molar-refractivity contribution in [1.82, 2.24) is 9.80 Å². The van der Waals surface area contributed by atoms with Crippen LogP contribution in [0, 0.1) is 16.7 Å². The number of hydrogen-bond donors (Lipinski definition) is 0. The van der Waals surface area contributed by atoms with E-state index in [0.717, 1.165) is 63.0 Å². The molecule has 2 atom stereocenters. The van der Waals surface area contributed by atoms with E-state index in [-0.39, 0.29) is 18.1 Å². The van der Waals surface area contributed by atoms with Crippen LogP contribution in [-0.4, -0.2) is 68.4 Å². The van der Waals surface area contributed by atoms with E-state index in [1.54, 1.807) is 0 Å². The van der Waals surface area contributed by atoms with Crippen molar-refractivity contribution in [2.24, 2.45) is 16.7 Å². The third-order valence-corrected chi connectivity index (χ3v) is 7.19. The van der Waals surface area contributed by atoms with Gasteiger partial charge >= 0.3 is 0 Å². The molecule has 5 rings (SSSR count). The quantitative estimate of drug-likeness (QED) is 0.794. The predicted octanol–water partition coefficient (Wildman–Crippen LogP) is 2.16. The molecule has 0 bridgehead atoms. The van der Waals surface area contributed by atoms with E-state index in [1.165, 1.54) is 6.42 Å². The topological polar surface area (TPSA) is 51.2 Å². The van der Waals surface area contributed by atoms with Gasteiger partial charge in [0.05, 0.1) is 19.6 Å². The van der Waals surface area contributed by atoms with Crippen molar-refractivity contribution < 1.29 is 19.0 Å². The Kier molecular flexibility index (Phi) is 4.32. The third-order valence-electron chi connectivity index (χ3n) is 7.19. The van der Waals surface area contributed by atoms with Crippen molar-refractivity contribution in [3.8, 4) is 11.5 Å². The largest absolute Gasteiger partial charge is 0.454 e. The van der Waals surface area contributed by atoms with Crippen LogP contribution in [0.3, 0.4) is 0 Å². The van der Waals surface area contributed by atoms with Crippen LogP contribution in [0.5, 0.6) is 11.5 Å². The maximum atomic E-state index is 13.1. The SMILES string of the molecule is CC1(C)C[C@]2(CN3CCOCC3)CN(C(=O)Cc3ccc4c(c3)OCO4)C[C@H]12. The Bertz CT molecular complexity index is 774. The van der Waals surface area contributed by atoms with Gasteiger partial charge in [0.15, 0.2) is 11.5 Å². The highest BCUT2D eigenvalue weighted by Crippen LogP contribution is 2.63. The first-order valence-corrected chi connectivity index (χ1v) is 10.4. The van der Waals surface area contributed by atoms with Gasteiger partial charge in [0.1, 0.15) is 0 Å². The Morgan fingerprint density at radius 3 is 2.75 bits per heavy atom. The van der Waals surface area contributed by atoms with Crippen LogP contribution < -0.4 is 9.47 Å². The van der Waals surface area contributed by atoms with Gasteiger partial charge < -0.3 is 19.1 Å². The summed E-state index contributed by atoms with van der Waals surface area (Å²) < 4.78 is 16.3. The molecule has 0 radical (unpaired) electrons. The number of benzene rings is 1. The first kappa shape index (κ1) is 18.3. The lowest BCUT2D eigenvalue weighted by molar-refractivity contribution is -0.130. The molecule has 3 aliphatic heterocycles. The van der Waals surface area contributed by atoms with Crippen LogP contribution in [0.4, 0.5) is 0 Å². The number of amides is 1. The second kappa shape index (κ2) is 6.63. The smallest absolute Gasteiger partial charge is 0.231 e. The van der Waals surface area contributed by atoms with E-state index in [0.29, 0.717) is 17.8 Å². The molecule has 3 fully saturated rings. The summed E-state index contributed by atoms with van der Waals surface area (Å²) in [4.78, 5) is 17.8. The summed E-state index contributed by atoms with van der Waals surface area (Å²) in [6.45, 7) is 11.6. The molecule has 6 heteroatoms. The molecule has 1 amide bonds. The number of fused-ring (bicyclic) bond motifs is 2. The van der Waals surface area contributed by atoms with Crippen molar-refractivity contribution in [3.05, 3.63) is 23.8 Å². The fraction of sp³-hybridized carbons (Fsp3) is 0.682. The fourth-order valence-corrected chi connectivity index (χ4v) is 6.07.